The molecular formula is C11H10O4. The largest absolute Gasteiger partial charge is 0.508 e. The lowest BCUT2D eigenvalue weighted by Crippen LogP contribution is -1.98. The van der Waals surface area contributed by atoms with Gasteiger partial charge in [-0.2, -0.15) is 0 Å². The van der Waals surface area contributed by atoms with E-state index in [1.54, 1.807) is 0 Å². The summed E-state index contributed by atoms with van der Waals surface area (Å²) >= 11 is 0. The Labute approximate surface area is 86.8 Å². The Morgan fingerprint density at radius 1 is 1.20 bits per heavy atom. The van der Waals surface area contributed by atoms with Crippen molar-refractivity contribution in [3.05, 3.63) is 42.0 Å². The monoisotopic (exact) mass is 206 g/mol. The Morgan fingerprint density at radius 3 is 2.33 bits per heavy atom. The molecule has 4 nitrogen and oxygen atoms in total. The fourth-order valence-electron chi connectivity index (χ4n) is 0.934. The van der Waals surface area contributed by atoms with Gasteiger partial charge < -0.3 is 9.84 Å². The molecule has 1 aromatic rings. The SMILES string of the molecule is COC(=O)/C=C/C(=O)c1ccc(O)cc1. The quantitative estimate of drug-likeness (QED) is 0.460. The van der Waals surface area contributed by atoms with Crippen LogP contribution in [0.2, 0.25) is 0 Å². The molecule has 0 radical (unpaired) electrons. The number of carbonyl (C=O) groups excluding carboxylic acids is 2. The Kier molecular flexibility index (Phi) is 3.62. The van der Waals surface area contributed by atoms with E-state index in [1.807, 2.05) is 0 Å². The first-order chi connectivity index (χ1) is 7.13. The van der Waals surface area contributed by atoms with E-state index >= 15 is 0 Å². The van der Waals surface area contributed by atoms with E-state index in [4.69, 9.17) is 5.11 Å². The van der Waals surface area contributed by atoms with Crippen LogP contribution in [-0.4, -0.2) is 24.0 Å². The van der Waals surface area contributed by atoms with Gasteiger partial charge in [0.25, 0.3) is 0 Å². The number of hydrogen-bond acceptors (Lipinski definition) is 4. The molecule has 78 valence electrons. The number of rotatable bonds is 3. The molecule has 1 N–H and O–H groups in total. The highest BCUT2D eigenvalue weighted by Gasteiger charge is 2.02. The molecule has 1 rings (SSSR count). The summed E-state index contributed by atoms with van der Waals surface area (Å²) in [6, 6.07) is 5.75. The van der Waals surface area contributed by atoms with Gasteiger partial charge >= 0.3 is 5.97 Å². The Bertz CT molecular complexity index is 390. The normalized spacial score (nSPS) is 10.2. The molecular weight excluding hydrogens is 196 g/mol. The van der Waals surface area contributed by atoms with E-state index in [9.17, 15) is 9.59 Å². The lowest BCUT2D eigenvalue weighted by atomic mass is 10.1. The topological polar surface area (TPSA) is 63.6 Å². The minimum Gasteiger partial charge on any atom is -0.508 e. The van der Waals surface area contributed by atoms with E-state index in [2.05, 4.69) is 4.74 Å². The molecule has 0 saturated heterocycles. The van der Waals surface area contributed by atoms with Gasteiger partial charge in [0.15, 0.2) is 5.78 Å². The fourth-order valence-corrected chi connectivity index (χ4v) is 0.934. The molecule has 0 saturated carbocycles. The number of phenols is 1. The highest BCUT2D eigenvalue weighted by atomic mass is 16.5. The standard InChI is InChI=1S/C11H10O4/c1-15-11(14)7-6-10(13)8-2-4-9(12)5-3-8/h2-7,12H,1H3/b7-6+. The van der Waals surface area contributed by atoms with E-state index in [1.165, 1.54) is 31.4 Å². The number of esters is 1. The maximum absolute atomic E-state index is 11.4. The molecule has 0 heterocycles. The van der Waals surface area contributed by atoms with Gasteiger partial charge in [-0.3, -0.25) is 4.79 Å². The summed E-state index contributed by atoms with van der Waals surface area (Å²) in [6.07, 6.45) is 2.17. The van der Waals surface area contributed by atoms with Crippen LogP contribution in [0.15, 0.2) is 36.4 Å². The van der Waals surface area contributed by atoms with E-state index in [0.29, 0.717) is 5.56 Å². The van der Waals surface area contributed by atoms with Crippen LogP contribution in [0.25, 0.3) is 0 Å². The molecule has 1 aromatic carbocycles. The number of ether oxygens (including phenoxy) is 1. The summed E-state index contributed by atoms with van der Waals surface area (Å²) in [4.78, 5) is 22.1. The van der Waals surface area contributed by atoms with Crippen molar-refractivity contribution >= 4 is 11.8 Å². The molecule has 0 aliphatic rings. The first kappa shape index (κ1) is 11.0. The van der Waals surface area contributed by atoms with Crippen LogP contribution in [-0.2, 0) is 9.53 Å². The third kappa shape index (κ3) is 3.27. The van der Waals surface area contributed by atoms with Gasteiger partial charge in [0.1, 0.15) is 5.75 Å². The highest BCUT2D eigenvalue weighted by molar-refractivity contribution is 6.07. The van der Waals surface area contributed by atoms with Gasteiger partial charge in [-0.15, -0.1) is 0 Å². The van der Waals surface area contributed by atoms with Crippen LogP contribution in [0, 0.1) is 0 Å². The van der Waals surface area contributed by atoms with Crippen molar-refractivity contribution in [1.29, 1.82) is 0 Å². The van der Waals surface area contributed by atoms with Gasteiger partial charge in [-0.1, -0.05) is 0 Å². The Morgan fingerprint density at radius 2 is 1.80 bits per heavy atom. The molecule has 0 aromatic heterocycles. The highest BCUT2D eigenvalue weighted by Crippen LogP contribution is 2.10. The zero-order valence-corrected chi connectivity index (χ0v) is 8.14. The number of phenolic OH excluding ortho intramolecular Hbond substituents is 1. The van der Waals surface area contributed by atoms with Crippen molar-refractivity contribution < 1.29 is 19.4 Å². The van der Waals surface area contributed by atoms with Crippen molar-refractivity contribution in [3.8, 4) is 5.75 Å². The molecule has 0 atom stereocenters. The Hall–Kier alpha value is -2.10. The summed E-state index contributed by atoms with van der Waals surface area (Å²) in [6.45, 7) is 0. The van der Waals surface area contributed by atoms with Gasteiger partial charge in [0.2, 0.25) is 0 Å². The smallest absolute Gasteiger partial charge is 0.330 e. The number of aromatic hydroxyl groups is 1. The zero-order chi connectivity index (χ0) is 11.3. The van der Waals surface area contributed by atoms with Crippen LogP contribution in [0.3, 0.4) is 0 Å². The predicted molar refractivity (Wildman–Crippen MR) is 53.6 cm³/mol. The number of hydrogen-bond donors (Lipinski definition) is 1. The van der Waals surface area contributed by atoms with Gasteiger partial charge in [-0.25, -0.2) is 4.79 Å². The van der Waals surface area contributed by atoms with Crippen molar-refractivity contribution in [2.75, 3.05) is 7.11 Å². The van der Waals surface area contributed by atoms with Crippen LogP contribution in [0.1, 0.15) is 10.4 Å². The number of ketones is 1. The number of methoxy groups -OCH3 is 1. The first-order valence-electron chi connectivity index (χ1n) is 4.23. The van der Waals surface area contributed by atoms with Crippen LogP contribution >= 0.6 is 0 Å². The lowest BCUT2D eigenvalue weighted by molar-refractivity contribution is -0.134. The summed E-state index contributed by atoms with van der Waals surface area (Å²) in [5, 5.41) is 8.99. The summed E-state index contributed by atoms with van der Waals surface area (Å²) in [5.74, 6) is -0.814. The van der Waals surface area contributed by atoms with E-state index < -0.39 is 5.97 Å². The summed E-state index contributed by atoms with van der Waals surface area (Å²) in [5.41, 5.74) is 0.396. The van der Waals surface area contributed by atoms with Crippen molar-refractivity contribution in [3.63, 3.8) is 0 Å². The predicted octanol–water partition coefficient (Wildman–Crippen LogP) is 1.30. The lowest BCUT2D eigenvalue weighted by Gasteiger charge is -1.95. The van der Waals surface area contributed by atoms with E-state index in [-0.39, 0.29) is 11.5 Å². The fraction of sp³-hybridized carbons (Fsp3) is 0.0909. The minimum atomic E-state index is -0.581. The van der Waals surface area contributed by atoms with Gasteiger partial charge in [0, 0.05) is 11.6 Å². The number of allylic oxidation sites excluding steroid dienone is 1. The third-order valence-electron chi connectivity index (χ3n) is 1.72. The summed E-state index contributed by atoms with van der Waals surface area (Å²) in [7, 11) is 1.23. The second-order valence-corrected chi connectivity index (χ2v) is 2.77. The number of benzene rings is 1. The van der Waals surface area contributed by atoms with Crippen molar-refractivity contribution in [2.24, 2.45) is 0 Å². The second-order valence-electron chi connectivity index (χ2n) is 2.77. The van der Waals surface area contributed by atoms with E-state index in [0.717, 1.165) is 12.2 Å². The maximum Gasteiger partial charge on any atom is 0.330 e. The first-order valence-corrected chi connectivity index (χ1v) is 4.23. The third-order valence-corrected chi connectivity index (χ3v) is 1.72. The second kappa shape index (κ2) is 4.95. The zero-order valence-electron chi connectivity index (χ0n) is 8.14. The maximum atomic E-state index is 11.4. The minimum absolute atomic E-state index is 0.0866. The van der Waals surface area contributed by atoms with Gasteiger partial charge in [0.05, 0.1) is 7.11 Å². The van der Waals surface area contributed by atoms with Crippen LogP contribution in [0.5, 0.6) is 5.75 Å². The molecule has 0 unspecified atom stereocenters. The summed E-state index contributed by atoms with van der Waals surface area (Å²) < 4.78 is 4.34. The molecule has 0 aliphatic heterocycles. The van der Waals surface area contributed by atoms with Crippen molar-refractivity contribution in [2.45, 2.75) is 0 Å². The Balaban J connectivity index is 2.73. The number of carbonyl (C=O) groups is 2. The molecule has 15 heavy (non-hydrogen) atoms. The molecule has 0 fully saturated rings. The molecule has 0 amide bonds. The molecule has 4 heteroatoms. The average Bonchev–Trinajstić information content (AvgIpc) is 2.26. The molecule has 0 spiro atoms. The van der Waals surface area contributed by atoms with Crippen LogP contribution < -0.4 is 0 Å². The molecule has 0 aliphatic carbocycles. The average molecular weight is 206 g/mol. The van der Waals surface area contributed by atoms with Crippen LogP contribution in [0.4, 0.5) is 0 Å². The van der Waals surface area contributed by atoms with Gasteiger partial charge in [-0.05, 0) is 30.3 Å². The molecule has 0 bridgehead atoms. The van der Waals surface area contributed by atoms with Crippen molar-refractivity contribution in [1.82, 2.24) is 0 Å².